The molecule has 0 aromatic heterocycles. The first kappa shape index (κ1) is 29.8. The van der Waals surface area contributed by atoms with E-state index in [4.69, 9.17) is 4.74 Å². The monoisotopic (exact) mass is 594 g/mol. The fourth-order valence-electron chi connectivity index (χ4n) is 6.10. The van der Waals surface area contributed by atoms with E-state index in [0.717, 1.165) is 47.3 Å². The standard InChI is InChI=1S/C31H38N4O6S/c36-27(15-6-5-14-26-28-25(18-42-26)33-30(39)35-28)32-16-8-7-13-24(29(37)38)34-31(40)41-17-23-21-11-3-1-9-19(21)20-10-2-4-12-22(20)23/h1-4,9-12,23-26,28H,5-8,13-18H2,(H,32,36)(H,34,40)(H,37,38)(H2,33,35,39)/t24-,25-,26?,28-/m0/s1. The zero-order valence-electron chi connectivity index (χ0n) is 23.5. The Labute approximate surface area is 249 Å². The van der Waals surface area contributed by atoms with Crippen LogP contribution in [0.15, 0.2) is 48.5 Å². The van der Waals surface area contributed by atoms with Gasteiger partial charge in [-0.3, -0.25) is 4.79 Å². The number of urea groups is 1. The van der Waals surface area contributed by atoms with Gasteiger partial charge in [0.25, 0.3) is 0 Å². The van der Waals surface area contributed by atoms with Crippen molar-refractivity contribution in [2.24, 2.45) is 0 Å². The molecule has 2 heterocycles. The van der Waals surface area contributed by atoms with E-state index in [1.54, 1.807) is 0 Å². The van der Waals surface area contributed by atoms with E-state index in [0.29, 0.717) is 31.1 Å². The van der Waals surface area contributed by atoms with Gasteiger partial charge >= 0.3 is 18.1 Å². The van der Waals surface area contributed by atoms with Gasteiger partial charge in [-0.05, 0) is 54.4 Å². The summed E-state index contributed by atoms with van der Waals surface area (Å²) in [5, 5.41) is 21.3. The Morgan fingerprint density at radius 3 is 2.40 bits per heavy atom. The lowest BCUT2D eigenvalue weighted by atomic mass is 9.98. The molecule has 11 heteroatoms. The van der Waals surface area contributed by atoms with Crippen molar-refractivity contribution in [2.75, 3.05) is 18.9 Å². The topological polar surface area (TPSA) is 146 Å². The van der Waals surface area contributed by atoms with Crippen LogP contribution in [0.3, 0.4) is 0 Å². The summed E-state index contributed by atoms with van der Waals surface area (Å²) >= 11 is 1.87. The first-order valence-electron chi connectivity index (χ1n) is 14.7. The van der Waals surface area contributed by atoms with Crippen molar-refractivity contribution in [3.8, 4) is 11.1 Å². The number of hydrogen-bond donors (Lipinski definition) is 5. The summed E-state index contributed by atoms with van der Waals surface area (Å²) in [5.41, 5.74) is 4.42. The summed E-state index contributed by atoms with van der Waals surface area (Å²) in [4.78, 5) is 48.0. The average molecular weight is 595 g/mol. The second-order valence-electron chi connectivity index (χ2n) is 11.1. The quantitative estimate of drug-likeness (QED) is 0.164. The van der Waals surface area contributed by atoms with Gasteiger partial charge in [-0.15, -0.1) is 0 Å². The molecule has 5 N–H and O–H groups in total. The molecule has 42 heavy (non-hydrogen) atoms. The third-order valence-electron chi connectivity index (χ3n) is 8.26. The SMILES string of the molecule is O=C(CCCCC1SC[C@@H]2NC(=O)N[C@H]12)NCCCC[C@H](NC(=O)OCC1c2ccccc2-c2ccccc21)C(=O)O. The van der Waals surface area contributed by atoms with Gasteiger partial charge in [0.15, 0.2) is 0 Å². The lowest BCUT2D eigenvalue weighted by molar-refractivity contribution is -0.139. The Bertz CT molecular complexity index is 1260. The first-order valence-corrected chi connectivity index (χ1v) is 15.7. The number of amides is 4. The molecule has 2 saturated heterocycles. The lowest BCUT2D eigenvalue weighted by Gasteiger charge is -2.17. The molecule has 2 aromatic carbocycles. The number of benzene rings is 2. The highest BCUT2D eigenvalue weighted by Gasteiger charge is 2.42. The number of rotatable bonds is 14. The van der Waals surface area contributed by atoms with Crippen LogP contribution in [-0.2, 0) is 14.3 Å². The minimum atomic E-state index is -1.12. The summed E-state index contributed by atoms with van der Waals surface area (Å²) in [7, 11) is 0. The third-order valence-corrected chi connectivity index (χ3v) is 9.76. The van der Waals surface area contributed by atoms with Crippen molar-refractivity contribution in [3.05, 3.63) is 59.7 Å². The maximum atomic E-state index is 12.5. The van der Waals surface area contributed by atoms with Crippen molar-refractivity contribution in [1.29, 1.82) is 0 Å². The molecule has 2 fully saturated rings. The number of unbranched alkanes of at least 4 members (excludes halogenated alkanes) is 2. The number of nitrogens with one attached hydrogen (secondary N) is 4. The van der Waals surface area contributed by atoms with Gasteiger partial charge in [0.2, 0.25) is 5.91 Å². The second-order valence-corrected chi connectivity index (χ2v) is 12.3. The van der Waals surface area contributed by atoms with E-state index in [2.05, 4.69) is 33.4 Å². The number of carbonyl (C=O) groups excluding carboxylic acids is 3. The predicted octanol–water partition coefficient (Wildman–Crippen LogP) is 3.99. The minimum absolute atomic E-state index is 0.0191. The van der Waals surface area contributed by atoms with Gasteiger partial charge in [0.05, 0.1) is 12.1 Å². The Morgan fingerprint density at radius 1 is 0.976 bits per heavy atom. The molecule has 1 aliphatic carbocycles. The number of carboxylic acids is 1. The molecule has 2 aromatic rings. The summed E-state index contributed by atoms with van der Waals surface area (Å²) in [6.07, 6.45) is 3.74. The van der Waals surface area contributed by atoms with Crippen molar-refractivity contribution in [2.45, 2.75) is 74.2 Å². The second kappa shape index (κ2) is 14.0. The molecule has 0 saturated carbocycles. The van der Waals surface area contributed by atoms with Crippen LogP contribution < -0.4 is 21.3 Å². The van der Waals surface area contributed by atoms with E-state index >= 15 is 0 Å². The number of fused-ring (bicyclic) bond motifs is 4. The molecule has 2 aliphatic heterocycles. The third kappa shape index (κ3) is 7.18. The van der Waals surface area contributed by atoms with Crippen LogP contribution in [0.1, 0.15) is 62.0 Å². The number of ether oxygens (including phenoxy) is 1. The van der Waals surface area contributed by atoms with Gasteiger partial charge < -0.3 is 31.1 Å². The van der Waals surface area contributed by atoms with Crippen LogP contribution in [0.25, 0.3) is 11.1 Å². The number of alkyl carbamates (subject to hydrolysis) is 1. The molecular formula is C31H38N4O6S. The number of aliphatic carboxylic acids is 1. The fourth-order valence-corrected chi connectivity index (χ4v) is 7.65. The van der Waals surface area contributed by atoms with Crippen LogP contribution in [0, 0.1) is 0 Å². The molecule has 0 radical (unpaired) electrons. The van der Waals surface area contributed by atoms with E-state index < -0.39 is 18.1 Å². The smallest absolute Gasteiger partial charge is 0.407 e. The Balaban J connectivity index is 0.954. The summed E-state index contributed by atoms with van der Waals surface area (Å²) < 4.78 is 5.49. The molecule has 0 spiro atoms. The largest absolute Gasteiger partial charge is 0.480 e. The highest BCUT2D eigenvalue weighted by Crippen LogP contribution is 2.44. The summed E-state index contributed by atoms with van der Waals surface area (Å²) in [6, 6.07) is 15.3. The first-order chi connectivity index (χ1) is 20.4. The number of hydrogen-bond acceptors (Lipinski definition) is 6. The number of carboxylic acid groups (broad SMARTS) is 1. The van der Waals surface area contributed by atoms with Crippen molar-refractivity contribution >= 4 is 35.8 Å². The molecule has 224 valence electrons. The van der Waals surface area contributed by atoms with Crippen LogP contribution in [0.2, 0.25) is 0 Å². The van der Waals surface area contributed by atoms with Crippen LogP contribution in [0.4, 0.5) is 9.59 Å². The van der Waals surface area contributed by atoms with E-state index in [-0.39, 0.29) is 43.0 Å². The van der Waals surface area contributed by atoms with E-state index in [9.17, 15) is 24.3 Å². The Morgan fingerprint density at radius 2 is 1.69 bits per heavy atom. The highest BCUT2D eigenvalue weighted by atomic mass is 32.2. The molecule has 10 nitrogen and oxygen atoms in total. The maximum absolute atomic E-state index is 12.5. The lowest BCUT2D eigenvalue weighted by Crippen LogP contribution is -2.41. The fraction of sp³-hybridized carbons (Fsp3) is 0.484. The zero-order chi connectivity index (χ0) is 29.5. The summed E-state index contributed by atoms with van der Waals surface area (Å²) in [5.74, 6) is -0.309. The Hall–Kier alpha value is -3.73. The van der Waals surface area contributed by atoms with Gasteiger partial charge in [0.1, 0.15) is 12.6 Å². The zero-order valence-corrected chi connectivity index (χ0v) is 24.3. The molecule has 4 amide bonds. The van der Waals surface area contributed by atoms with E-state index in [1.807, 2.05) is 48.2 Å². The number of carbonyl (C=O) groups is 4. The highest BCUT2D eigenvalue weighted by molar-refractivity contribution is 8.00. The van der Waals surface area contributed by atoms with Crippen LogP contribution in [-0.4, -0.2) is 71.4 Å². The normalized spacial score (nSPS) is 21.0. The van der Waals surface area contributed by atoms with Crippen LogP contribution in [0.5, 0.6) is 0 Å². The minimum Gasteiger partial charge on any atom is -0.480 e. The molecular weight excluding hydrogens is 556 g/mol. The van der Waals surface area contributed by atoms with Gasteiger partial charge in [-0.2, -0.15) is 11.8 Å². The predicted molar refractivity (Wildman–Crippen MR) is 160 cm³/mol. The molecule has 0 bridgehead atoms. The van der Waals surface area contributed by atoms with Gasteiger partial charge in [0, 0.05) is 29.9 Å². The molecule has 1 unspecified atom stereocenters. The molecule has 5 rings (SSSR count). The molecule has 4 atom stereocenters. The Kier molecular flexibility index (Phi) is 9.89. The van der Waals surface area contributed by atoms with Crippen LogP contribution >= 0.6 is 11.8 Å². The van der Waals surface area contributed by atoms with Crippen molar-refractivity contribution in [3.63, 3.8) is 0 Å². The van der Waals surface area contributed by atoms with E-state index in [1.165, 1.54) is 0 Å². The summed E-state index contributed by atoms with van der Waals surface area (Å²) in [6.45, 7) is 0.572. The van der Waals surface area contributed by atoms with Gasteiger partial charge in [-0.25, -0.2) is 14.4 Å². The van der Waals surface area contributed by atoms with Crippen molar-refractivity contribution < 1.29 is 29.0 Å². The van der Waals surface area contributed by atoms with Crippen molar-refractivity contribution in [1.82, 2.24) is 21.3 Å². The number of thioether (sulfide) groups is 1. The molecule has 3 aliphatic rings. The average Bonchev–Trinajstić information content (AvgIpc) is 3.64. The van der Waals surface area contributed by atoms with Gasteiger partial charge in [-0.1, -0.05) is 55.0 Å². The maximum Gasteiger partial charge on any atom is 0.407 e.